The molecule has 4 unspecified atom stereocenters. The highest BCUT2D eigenvalue weighted by Gasteiger charge is 2.88. The van der Waals surface area contributed by atoms with Crippen LogP contribution in [0.5, 0.6) is 0 Å². The first-order valence-corrected chi connectivity index (χ1v) is 30.8. The van der Waals surface area contributed by atoms with Gasteiger partial charge in [-0.1, -0.05) is 36.4 Å². The molecule has 8 aliphatic rings. The van der Waals surface area contributed by atoms with E-state index < -0.39 is 23.5 Å². The number of benzene rings is 10. The molecule has 418 valence electrons. The van der Waals surface area contributed by atoms with Gasteiger partial charge >= 0.3 is 12.4 Å². The Balaban J connectivity index is 0.638. The van der Waals surface area contributed by atoms with Gasteiger partial charge in [0.2, 0.25) is 0 Å². The Kier molecular flexibility index (Phi) is 7.87. The van der Waals surface area contributed by atoms with Crippen molar-refractivity contribution >= 4 is 109 Å². The van der Waals surface area contributed by atoms with E-state index in [1.165, 1.54) is 86.8 Å². The number of rotatable bonds is 5. The summed E-state index contributed by atoms with van der Waals surface area (Å²) in [5.74, 6) is 5.10. The van der Waals surface area contributed by atoms with Crippen LogP contribution in [0.3, 0.4) is 0 Å². The first-order chi connectivity index (χ1) is 41.7. The summed E-state index contributed by atoms with van der Waals surface area (Å²) in [7, 11) is 0. The van der Waals surface area contributed by atoms with Gasteiger partial charge < -0.3 is 18.0 Å². The maximum Gasteiger partial charge on any atom is 0.416 e. The van der Waals surface area contributed by atoms with Crippen LogP contribution in [0.1, 0.15) is 73.6 Å². The second kappa shape index (κ2) is 14.5. The predicted molar refractivity (Wildman–Crippen MR) is 326 cm³/mol. The molecule has 4 heterocycles. The fraction of sp³-hybridized carbons (Fsp3) is 0.263. The third-order valence-corrected chi connectivity index (χ3v) is 25.3. The van der Waals surface area contributed by atoms with E-state index in [4.69, 9.17) is 8.83 Å². The SMILES string of the molecule is FC(F)(F)c1ccc2cc3c(cc2c1)c1cc(C24CC5CC6CC(C2)C654)ccc1n3-c1ccc2c(c1)oc1ccc(-c3ccc4oc5cc(-n6c7ccc(C89CC%10CC%11CC(C8)C%11%109)cc7c7cc8cc(C(F)(F)F)ccc8cc76)ccc5c4c3)cc12. The Bertz CT molecular complexity index is 5180. The van der Waals surface area contributed by atoms with Crippen LogP contribution >= 0.6 is 0 Å². The molecule has 14 aromatic rings. The second-order valence-corrected chi connectivity index (χ2v) is 28.0. The van der Waals surface area contributed by atoms with E-state index in [1.807, 2.05) is 36.4 Å². The van der Waals surface area contributed by atoms with Crippen LogP contribution in [0.15, 0.2) is 179 Å². The van der Waals surface area contributed by atoms with E-state index in [0.717, 1.165) is 156 Å². The molecule has 8 aliphatic carbocycles. The summed E-state index contributed by atoms with van der Waals surface area (Å²) >= 11 is 0. The lowest BCUT2D eigenvalue weighted by molar-refractivity contribution is -0.395. The monoisotopic (exact) mass is 1140 g/mol. The summed E-state index contributed by atoms with van der Waals surface area (Å²) in [5.41, 5.74) is 13.8. The molecule has 22 rings (SSSR count). The van der Waals surface area contributed by atoms with Crippen molar-refractivity contribution in [2.24, 2.45) is 46.3 Å². The first-order valence-electron chi connectivity index (χ1n) is 30.8. The quantitative estimate of drug-likeness (QED) is 0.161. The van der Waals surface area contributed by atoms with Crippen LogP contribution in [0.25, 0.3) is 132 Å². The molecule has 8 saturated carbocycles. The molecule has 0 aliphatic heterocycles. The number of nitrogens with zero attached hydrogens (tertiary/aromatic N) is 2. The fourth-order valence-electron chi connectivity index (χ4n) is 22.0. The Morgan fingerprint density at radius 2 is 0.744 bits per heavy atom. The predicted octanol–water partition coefficient (Wildman–Crippen LogP) is 21.1. The van der Waals surface area contributed by atoms with Crippen molar-refractivity contribution in [1.29, 1.82) is 0 Å². The highest BCUT2D eigenvalue weighted by atomic mass is 19.4. The van der Waals surface area contributed by atoms with Crippen LogP contribution in [0.4, 0.5) is 26.3 Å². The molecule has 0 radical (unpaired) electrons. The molecule has 2 spiro atoms. The third-order valence-electron chi connectivity index (χ3n) is 25.3. The molecule has 10 heteroatoms. The number of fused-ring (bicyclic) bond motifs is 14. The largest absolute Gasteiger partial charge is 0.456 e. The zero-order valence-electron chi connectivity index (χ0n) is 46.3. The van der Waals surface area contributed by atoms with Gasteiger partial charge in [0, 0.05) is 77.4 Å². The van der Waals surface area contributed by atoms with Crippen LogP contribution < -0.4 is 0 Å². The summed E-state index contributed by atoms with van der Waals surface area (Å²) in [6.07, 6.45) is 1.62. The maximum absolute atomic E-state index is 14.1. The molecule has 4 atom stereocenters. The van der Waals surface area contributed by atoms with E-state index in [9.17, 15) is 26.3 Å². The zero-order chi connectivity index (χ0) is 56.7. The van der Waals surface area contributed by atoms with Crippen molar-refractivity contribution in [2.75, 3.05) is 0 Å². The van der Waals surface area contributed by atoms with E-state index in [1.54, 1.807) is 12.1 Å². The van der Waals surface area contributed by atoms with Gasteiger partial charge in [-0.2, -0.15) is 26.3 Å². The molecule has 0 bridgehead atoms. The van der Waals surface area contributed by atoms with Crippen molar-refractivity contribution in [1.82, 2.24) is 9.13 Å². The third kappa shape index (κ3) is 5.14. The molecule has 86 heavy (non-hydrogen) atoms. The van der Waals surface area contributed by atoms with E-state index in [-0.39, 0.29) is 10.8 Å². The topological polar surface area (TPSA) is 36.1 Å². The van der Waals surface area contributed by atoms with Crippen molar-refractivity contribution in [3.8, 4) is 22.5 Å². The zero-order valence-corrected chi connectivity index (χ0v) is 46.3. The summed E-state index contributed by atoms with van der Waals surface area (Å²) in [6.45, 7) is 0. The van der Waals surface area contributed by atoms with Crippen molar-refractivity contribution in [3.63, 3.8) is 0 Å². The fourth-order valence-corrected chi connectivity index (χ4v) is 22.0. The van der Waals surface area contributed by atoms with Gasteiger partial charge in [0.05, 0.1) is 33.2 Å². The number of hydrogen-bond donors (Lipinski definition) is 0. The van der Waals surface area contributed by atoms with Gasteiger partial charge in [0.1, 0.15) is 22.3 Å². The Morgan fingerprint density at radius 1 is 0.326 bits per heavy atom. The van der Waals surface area contributed by atoms with Gasteiger partial charge in [-0.25, -0.2) is 0 Å². The van der Waals surface area contributed by atoms with Gasteiger partial charge in [-0.05, 0) is 263 Å². The minimum absolute atomic E-state index is 0.232. The average molecular weight is 1140 g/mol. The van der Waals surface area contributed by atoms with Crippen LogP contribution in [-0.2, 0) is 23.2 Å². The van der Waals surface area contributed by atoms with Gasteiger partial charge in [0.25, 0.3) is 0 Å². The summed E-state index contributed by atoms with van der Waals surface area (Å²) in [4.78, 5) is 0. The Labute approximate surface area is 486 Å². The smallest absolute Gasteiger partial charge is 0.416 e. The number of halogens is 6. The highest BCUT2D eigenvalue weighted by Crippen LogP contribution is 2.94. The lowest BCUT2D eigenvalue weighted by atomic mass is 9.12. The van der Waals surface area contributed by atoms with Gasteiger partial charge in [-0.15, -0.1) is 0 Å². The molecule has 4 aromatic heterocycles. The molecule has 0 saturated heterocycles. The number of alkyl halides is 6. The van der Waals surface area contributed by atoms with E-state index >= 15 is 0 Å². The van der Waals surface area contributed by atoms with Gasteiger partial charge in [-0.3, -0.25) is 0 Å². The average Bonchev–Trinajstić information content (AvgIpc) is 0.774. The minimum atomic E-state index is -4.44. The lowest BCUT2D eigenvalue weighted by Gasteiger charge is -2.91. The Morgan fingerprint density at radius 3 is 1.14 bits per heavy atom. The normalized spacial score (nSPS) is 29.1. The molecular weight excluding hydrogens is 1090 g/mol. The van der Waals surface area contributed by atoms with Crippen molar-refractivity contribution in [3.05, 3.63) is 192 Å². The summed E-state index contributed by atoms with van der Waals surface area (Å²) in [5, 5.41) is 10.6. The van der Waals surface area contributed by atoms with Gasteiger partial charge in [0.15, 0.2) is 0 Å². The van der Waals surface area contributed by atoms with E-state index in [2.05, 4.69) is 106 Å². The molecule has 4 nitrogen and oxygen atoms in total. The van der Waals surface area contributed by atoms with Crippen molar-refractivity contribution < 1.29 is 35.2 Å². The molecule has 10 aromatic carbocycles. The summed E-state index contributed by atoms with van der Waals surface area (Å²) < 4.78 is 102. The van der Waals surface area contributed by atoms with Crippen LogP contribution in [0.2, 0.25) is 0 Å². The molecular formula is C76H50F6N2O2. The number of furan rings is 2. The first kappa shape index (κ1) is 46.7. The molecule has 0 N–H and O–H groups in total. The minimum Gasteiger partial charge on any atom is -0.456 e. The maximum atomic E-state index is 14.1. The second-order valence-electron chi connectivity index (χ2n) is 28.0. The molecule has 0 amide bonds. The lowest BCUT2D eigenvalue weighted by Crippen LogP contribution is -2.87. The number of hydrogen-bond acceptors (Lipinski definition) is 2. The highest BCUT2D eigenvalue weighted by molar-refractivity contribution is 6.16. The van der Waals surface area contributed by atoms with Crippen molar-refractivity contribution in [2.45, 2.75) is 74.5 Å². The standard InChI is InChI=1S/C76H50F6N2O2/c77-75(78,79)45-5-1-39-23-65-57(21-41(39)17-45)59-29-43(71-33-49-25-47-26-50(34-71)73(47,49)71)7-13-63(59)83(65)53-9-11-55-61-19-37(3-15-67(61)85-69(55)31-53)38-4-16-68-62(20-38)56-12-10-54(32-70(56)86-68)84-64-14-8-44(72-35-51-27-48-28-52(36-72)74(48,51)72)30-60(64)58-22-42-18-46(76(80,81)82)6-2-40(42)24-66(58)84/h1-24,29-32,47-52H,25-28,33-36H2. The van der Waals surface area contributed by atoms with E-state index in [0.29, 0.717) is 21.6 Å². The van der Waals surface area contributed by atoms with Crippen LogP contribution in [0, 0.1) is 46.3 Å². The van der Waals surface area contributed by atoms with Crippen LogP contribution in [-0.4, -0.2) is 9.13 Å². The number of aromatic nitrogens is 2. The summed E-state index contributed by atoms with van der Waals surface area (Å²) in [6, 6.07) is 55.6. The Hall–Kier alpha value is -8.50. The molecule has 8 fully saturated rings.